The van der Waals surface area contributed by atoms with Gasteiger partial charge < -0.3 is 0 Å². The predicted molar refractivity (Wildman–Crippen MR) is 60.5 cm³/mol. The number of hydrogen-bond acceptors (Lipinski definition) is 3. The summed E-state index contributed by atoms with van der Waals surface area (Å²) in [6.45, 7) is 0.508. The number of carbonyl (C=O) groups is 2. The quantitative estimate of drug-likeness (QED) is 0.576. The van der Waals surface area contributed by atoms with Crippen LogP contribution in [0, 0.1) is 5.92 Å². The number of nitrogens with zero attached hydrogens (tertiary/aromatic N) is 1. The van der Waals surface area contributed by atoms with E-state index in [9.17, 15) is 9.59 Å². The van der Waals surface area contributed by atoms with Crippen molar-refractivity contribution >= 4 is 24.4 Å². The number of amides is 2. The molecule has 3 nitrogen and oxygen atoms in total. The van der Waals surface area contributed by atoms with Crippen LogP contribution >= 0.6 is 12.6 Å². The molecule has 1 aliphatic carbocycles. The number of hydrogen-bond donors (Lipinski definition) is 1. The predicted octanol–water partition coefficient (Wildman–Crippen LogP) is 1.18. The van der Waals surface area contributed by atoms with Crippen LogP contribution in [0.25, 0.3) is 0 Å². The number of thiol groups is 1. The van der Waals surface area contributed by atoms with E-state index >= 15 is 0 Å². The second-order valence-corrected chi connectivity index (χ2v) is 4.45. The lowest BCUT2D eigenvalue weighted by Gasteiger charge is -2.15. The molecule has 2 amide bonds. The smallest absolute Gasteiger partial charge is 0.242 e. The highest BCUT2D eigenvalue weighted by atomic mass is 32.1. The molecule has 0 aromatic heterocycles. The van der Waals surface area contributed by atoms with Gasteiger partial charge in [0.05, 0.1) is 5.25 Å². The Hall–Kier alpha value is -1.03. The Morgan fingerprint density at radius 1 is 1.33 bits per heavy atom. The summed E-state index contributed by atoms with van der Waals surface area (Å²) in [6, 6.07) is 0. The number of allylic oxidation sites excluding steroid dienone is 4. The largest absolute Gasteiger partial charge is 0.282 e. The minimum atomic E-state index is -0.424. The highest BCUT2D eigenvalue weighted by Crippen LogP contribution is 2.20. The summed E-state index contributed by atoms with van der Waals surface area (Å²) < 4.78 is 0. The lowest BCUT2D eigenvalue weighted by atomic mass is 10.1. The monoisotopic (exact) mass is 223 g/mol. The van der Waals surface area contributed by atoms with E-state index in [0.29, 0.717) is 12.5 Å². The zero-order valence-corrected chi connectivity index (χ0v) is 9.19. The fourth-order valence-electron chi connectivity index (χ4n) is 1.85. The van der Waals surface area contributed by atoms with Crippen LogP contribution in [0.2, 0.25) is 0 Å². The second-order valence-electron chi connectivity index (χ2n) is 3.83. The molecule has 1 fully saturated rings. The van der Waals surface area contributed by atoms with Crippen molar-refractivity contribution < 1.29 is 9.59 Å². The van der Waals surface area contributed by atoms with Gasteiger partial charge in [-0.25, -0.2) is 0 Å². The number of carbonyl (C=O) groups excluding carboxylic acids is 2. The Kier molecular flexibility index (Phi) is 2.95. The first-order valence-corrected chi connectivity index (χ1v) is 5.57. The van der Waals surface area contributed by atoms with E-state index in [4.69, 9.17) is 0 Å². The van der Waals surface area contributed by atoms with E-state index in [2.05, 4.69) is 24.8 Å². The molecule has 1 heterocycles. The van der Waals surface area contributed by atoms with Gasteiger partial charge in [-0.3, -0.25) is 14.5 Å². The van der Waals surface area contributed by atoms with Crippen molar-refractivity contribution in [3.05, 3.63) is 24.3 Å². The topological polar surface area (TPSA) is 37.4 Å². The molecule has 80 valence electrons. The van der Waals surface area contributed by atoms with E-state index in [-0.39, 0.29) is 18.2 Å². The fourth-order valence-corrected chi connectivity index (χ4v) is 2.14. The molecule has 2 rings (SSSR count). The van der Waals surface area contributed by atoms with Crippen molar-refractivity contribution in [3.8, 4) is 0 Å². The molecule has 4 heteroatoms. The van der Waals surface area contributed by atoms with Gasteiger partial charge in [0, 0.05) is 13.0 Å². The molecule has 0 aromatic carbocycles. The second kappa shape index (κ2) is 4.23. The first-order valence-electron chi connectivity index (χ1n) is 5.06. The van der Waals surface area contributed by atoms with Gasteiger partial charge in [0.2, 0.25) is 11.8 Å². The summed E-state index contributed by atoms with van der Waals surface area (Å²) >= 11 is 4.07. The summed E-state index contributed by atoms with van der Waals surface area (Å²) in [7, 11) is 0. The molecule has 15 heavy (non-hydrogen) atoms. The maximum Gasteiger partial charge on any atom is 0.242 e. The van der Waals surface area contributed by atoms with Crippen molar-refractivity contribution in [2.24, 2.45) is 5.92 Å². The van der Waals surface area contributed by atoms with E-state index in [1.807, 2.05) is 12.2 Å². The average Bonchev–Trinajstić information content (AvgIpc) is 2.76. The Morgan fingerprint density at radius 2 is 2.00 bits per heavy atom. The maximum absolute atomic E-state index is 11.5. The van der Waals surface area contributed by atoms with Crippen molar-refractivity contribution in [2.45, 2.75) is 18.1 Å². The standard InChI is InChI=1S/C11H13NO2S/c13-10-7-9(15)11(14)12(10)6-5-8-3-1-2-4-8/h1-4,8-9,15H,5-7H2. The van der Waals surface area contributed by atoms with Crippen LogP contribution in [0.4, 0.5) is 0 Å². The average molecular weight is 223 g/mol. The Bertz CT molecular complexity index is 336. The molecule has 1 atom stereocenters. The number of likely N-dealkylation sites (tertiary alicyclic amines) is 1. The Morgan fingerprint density at radius 3 is 2.53 bits per heavy atom. The van der Waals surface area contributed by atoms with Crippen molar-refractivity contribution in [2.75, 3.05) is 6.54 Å². The third-order valence-corrected chi connectivity index (χ3v) is 3.14. The SMILES string of the molecule is O=C1CC(S)C(=O)N1CCC1C=CC=C1. The van der Waals surface area contributed by atoms with Crippen molar-refractivity contribution in [1.29, 1.82) is 0 Å². The van der Waals surface area contributed by atoms with Crippen LogP contribution < -0.4 is 0 Å². The minimum Gasteiger partial charge on any atom is -0.282 e. The van der Waals surface area contributed by atoms with Gasteiger partial charge >= 0.3 is 0 Å². The molecular weight excluding hydrogens is 210 g/mol. The molecule has 0 N–H and O–H groups in total. The lowest BCUT2D eigenvalue weighted by molar-refractivity contribution is -0.138. The Labute approximate surface area is 94.2 Å². The molecule has 1 saturated heterocycles. The third kappa shape index (κ3) is 2.15. The summed E-state index contributed by atoms with van der Waals surface area (Å²) in [6.07, 6.45) is 9.18. The van der Waals surface area contributed by atoms with E-state index < -0.39 is 5.25 Å². The first kappa shape index (κ1) is 10.5. The van der Waals surface area contributed by atoms with Crippen molar-refractivity contribution in [3.63, 3.8) is 0 Å². The first-order chi connectivity index (χ1) is 7.18. The number of imide groups is 1. The summed E-state index contributed by atoms with van der Waals surface area (Å²) in [5.74, 6) is 0.129. The molecule has 2 aliphatic rings. The Balaban J connectivity index is 1.89. The van der Waals surface area contributed by atoms with Crippen LogP contribution in [-0.2, 0) is 9.59 Å². The lowest BCUT2D eigenvalue weighted by Crippen LogP contribution is -2.32. The normalized spacial score (nSPS) is 25.9. The molecule has 1 unspecified atom stereocenters. The maximum atomic E-state index is 11.5. The van der Waals surface area contributed by atoms with Gasteiger partial charge in [-0.05, 0) is 12.3 Å². The van der Waals surface area contributed by atoms with Crippen LogP contribution in [0.15, 0.2) is 24.3 Å². The third-order valence-electron chi connectivity index (χ3n) is 2.73. The zero-order valence-electron chi connectivity index (χ0n) is 8.30. The molecule has 0 spiro atoms. The molecular formula is C11H13NO2S. The minimum absolute atomic E-state index is 0.0917. The van der Waals surface area contributed by atoms with E-state index in [1.54, 1.807) is 0 Å². The summed E-state index contributed by atoms with van der Waals surface area (Å²) in [5, 5.41) is -0.424. The van der Waals surface area contributed by atoms with Gasteiger partial charge in [0.1, 0.15) is 0 Å². The van der Waals surface area contributed by atoms with Crippen LogP contribution in [-0.4, -0.2) is 28.5 Å². The molecule has 0 radical (unpaired) electrons. The highest BCUT2D eigenvalue weighted by molar-refractivity contribution is 7.81. The molecule has 0 bridgehead atoms. The molecule has 0 saturated carbocycles. The van der Waals surface area contributed by atoms with Crippen molar-refractivity contribution in [1.82, 2.24) is 4.90 Å². The molecule has 0 aromatic rings. The van der Waals surface area contributed by atoms with Crippen LogP contribution in [0.1, 0.15) is 12.8 Å². The van der Waals surface area contributed by atoms with Gasteiger partial charge in [0.15, 0.2) is 0 Å². The highest BCUT2D eigenvalue weighted by Gasteiger charge is 2.35. The van der Waals surface area contributed by atoms with E-state index in [0.717, 1.165) is 6.42 Å². The van der Waals surface area contributed by atoms with Gasteiger partial charge in [-0.2, -0.15) is 12.6 Å². The summed E-state index contributed by atoms with van der Waals surface area (Å²) in [4.78, 5) is 24.3. The zero-order chi connectivity index (χ0) is 10.8. The van der Waals surface area contributed by atoms with Gasteiger partial charge in [-0.1, -0.05) is 24.3 Å². The van der Waals surface area contributed by atoms with E-state index in [1.165, 1.54) is 4.90 Å². The molecule has 1 aliphatic heterocycles. The van der Waals surface area contributed by atoms with Crippen LogP contribution in [0.5, 0.6) is 0 Å². The van der Waals surface area contributed by atoms with Gasteiger partial charge in [-0.15, -0.1) is 0 Å². The van der Waals surface area contributed by atoms with Gasteiger partial charge in [0.25, 0.3) is 0 Å². The fraction of sp³-hybridized carbons (Fsp3) is 0.455. The summed E-state index contributed by atoms with van der Waals surface area (Å²) in [5.41, 5.74) is 0. The number of rotatable bonds is 3. The van der Waals surface area contributed by atoms with Crippen LogP contribution in [0.3, 0.4) is 0 Å².